The summed E-state index contributed by atoms with van der Waals surface area (Å²) >= 11 is 0. The van der Waals surface area contributed by atoms with Crippen LogP contribution in [0.25, 0.3) is 16.7 Å². The molecule has 0 radical (unpaired) electrons. The summed E-state index contributed by atoms with van der Waals surface area (Å²) in [5.74, 6) is -0.477. The van der Waals surface area contributed by atoms with E-state index in [0.29, 0.717) is 28.3 Å². The van der Waals surface area contributed by atoms with Gasteiger partial charge in [0.1, 0.15) is 5.82 Å². The summed E-state index contributed by atoms with van der Waals surface area (Å²) in [4.78, 5) is 28.8. The Hall–Kier alpha value is -4.53. The fourth-order valence-corrected chi connectivity index (χ4v) is 4.20. The lowest BCUT2D eigenvalue weighted by molar-refractivity contribution is -0.384. The van der Waals surface area contributed by atoms with Gasteiger partial charge in [0, 0.05) is 12.1 Å². The van der Waals surface area contributed by atoms with Crippen LogP contribution in [0.15, 0.2) is 78.4 Å². The highest BCUT2D eigenvalue weighted by Crippen LogP contribution is 2.42. The van der Waals surface area contributed by atoms with Gasteiger partial charge in [-0.05, 0) is 66.6 Å². The number of hydrogen-bond donors (Lipinski definition) is 1. The van der Waals surface area contributed by atoms with Crippen molar-refractivity contribution in [3.05, 3.63) is 105 Å². The topological polar surface area (TPSA) is 99.3 Å². The van der Waals surface area contributed by atoms with Gasteiger partial charge in [-0.25, -0.2) is 14.2 Å². The molecule has 4 aromatic rings. The molecule has 1 N–H and O–H groups in total. The molecular weight excluding hydrogens is 439 g/mol. The number of para-hydroxylation sites is 2. The van der Waals surface area contributed by atoms with Crippen LogP contribution in [-0.4, -0.2) is 27.1 Å². The number of imidazole rings is 1. The largest absolute Gasteiger partial charge is 0.463 e. The Morgan fingerprint density at radius 3 is 2.50 bits per heavy atom. The molecule has 0 saturated carbocycles. The van der Waals surface area contributed by atoms with Crippen LogP contribution in [0.5, 0.6) is 0 Å². The van der Waals surface area contributed by atoms with Gasteiger partial charge in [0.25, 0.3) is 5.69 Å². The first kappa shape index (κ1) is 21.3. The van der Waals surface area contributed by atoms with Crippen LogP contribution in [0.4, 0.5) is 16.0 Å². The number of nitro groups is 1. The molecule has 5 rings (SSSR count). The predicted molar refractivity (Wildman–Crippen MR) is 125 cm³/mol. The molecule has 1 aliphatic rings. The number of fused-ring (bicyclic) bond motifs is 3. The molecule has 0 spiro atoms. The van der Waals surface area contributed by atoms with E-state index in [0.717, 1.165) is 5.52 Å². The molecule has 1 aromatic heterocycles. The quantitative estimate of drug-likeness (QED) is 0.255. The Morgan fingerprint density at radius 1 is 1.12 bits per heavy atom. The summed E-state index contributed by atoms with van der Waals surface area (Å²) in [7, 11) is 0. The second kappa shape index (κ2) is 8.43. The van der Waals surface area contributed by atoms with Gasteiger partial charge in [-0.3, -0.25) is 14.7 Å². The van der Waals surface area contributed by atoms with E-state index >= 15 is 0 Å². The molecule has 0 amide bonds. The van der Waals surface area contributed by atoms with E-state index < -0.39 is 22.8 Å². The number of nitrogens with zero attached hydrogens (tertiary/aromatic N) is 3. The van der Waals surface area contributed by atoms with Gasteiger partial charge in [-0.1, -0.05) is 12.1 Å². The molecule has 0 bridgehead atoms. The summed E-state index contributed by atoms with van der Waals surface area (Å²) in [6.07, 6.45) is 0. The zero-order chi connectivity index (χ0) is 23.8. The monoisotopic (exact) mass is 458 g/mol. The third kappa shape index (κ3) is 3.57. The minimum Gasteiger partial charge on any atom is -0.463 e. The third-order valence-corrected chi connectivity index (χ3v) is 5.68. The number of hydrogen-bond acceptors (Lipinski definition) is 6. The SMILES string of the molecule is CCOC(=O)C1=C(c2ccc(F)cc2)Nc2nc3ccccc3n2C1c1ccc([N+](=O)[O-])cc1. The summed E-state index contributed by atoms with van der Waals surface area (Å²) in [6, 6.07) is 18.6. The van der Waals surface area contributed by atoms with Crippen molar-refractivity contribution in [2.75, 3.05) is 11.9 Å². The molecule has 9 heteroatoms. The lowest BCUT2D eigenvalue weighted by atomic mass is 9.92. The van der Waals surface area contributed by atoms with E-state index in [9.17, 15) is 19.3 Å². The minimum atomic E-state index is -0.691. The number of non-ortho nitro benzene ring substituents is 1. The summed E-state index contributed by atoms with van der Waals surface area (Å²) in [5.41, 5.74) is 3.36. The standard InChI is InChI=1S/C25H19FN4O4/c1-2-34-24(31)21-22(15-7-11-17(26)12-8-15)28-25-27-19-5-3-4-6-20(19)29(25)23(21)16-9-13-18(14-10-16)30(32)33/h3-14,23H,2H2,1H3,(H,27,28). The van der Waals surface area contributed by atoms with Crippen molar-refractivity contribution in [3.8, 4) is 0 Å². The molecule has 170 valence electrons. The van der Waals surface area contributed by atoms with Crippen molar-refractivity contribution in [1.82, 2.24) is 9.55 Å². The number of carbonyl (C=O) groups is 1. The number of nitro benzene ring substituents is 1. The number of esters is 1. The highest BCUT2D eigenvalue weighted by molar-refractivity contribution is 6.03. The van der Waals surface area contributed by atoms with Crippen LogP contribution in [0.1, 0.15) is 24.1 Å². The molecule has 34 heavy (non-hydrogen) atoms. The molecule has 2 heterocycles. The highest BCUT2D eigenvalue weighted by Gasteiger charge is 2.37. The molecule has 1 aliphatic heterocycles. The fourth-order valence-electron chi connectivity index (χ4n) is 4.20. The van der Waals surface area contributed by atoms with Crippen LogP contribution in [0.2, 0.25) is 0 Å². The van der Waals surface area contributed by atoms with Crippen molar-refractivity contribution in [2.24, 2.45) is 0 Å². The van der Waals surface area contributed by atoms with Gasteiger partial charge in [-0.2, -0.15) is 0 Å². The van der Waals surface area contributed by atoms with Gasteiger partial charge in [0.05, 0.1) is 39.9 Å². The van der Waals surface area contributed by atoms with Crippen molar-refractivity contribution >= 4 is 34.3 Å². The Balaban J connectivity index is 1.80. The van der Waals surface area contributed by atoms with E-state index in [1.807, 2.05) is 28.8 Å². The van der Waals surface area contributed by atoms with E-state index in [1.165, 1.54) is 24.3 Å². The van der Waals surface area contributed by atoms with Gasteiger partial charge < -0.3 is 10.1 Å². The number of aromatic nitrogens is 2. The van der Waals surface area contributed by atoms with Gasteiger partial charge in [0.15, 0.2) is 0 Å². The molecule has 0 aliphatic carbocycles. The third-order valence-electron chi connectivity index (χ3n) is 5.68. The van der Waals surface area contributed by atoms with E-state index in [4.69, 9.17) is 9.72 Å². The second-order valence-electron chi connectivity index (χ2n) is 7.69. The first-order valence-corrected chi connectivity index (χ1v) is 10.6. The number of benzene rings is 3. The molecular formula is C25H19FN4O4. The fraction of sp³-hybridized carbons (Fsp3) is 0.120. The van der Waals surface area contributed by atoms with E-state index in [-0.39, 0.29) is 17.9 Å². The Labute approximate surface area is 193 Å². The molecule has 1 atom stereocenters. The zero-order valence-corrected chi connectivity index (χ0v) is 18.1. The maximum absolute atomic E-state index is 13.7. The molecule has 8 nitrogen and oxygen atoms in total. The lowest BCUT2D eigenvalue weighted by Gasteiger charge is -2.31. The Bertz CT molecular complexity index is 1440. The summed E-state index contributed by atoms with van der Waals surface area (Å²) in [6.45, 7) is 1.87. The number of anilines is 1. The van der Waals surface area contributed by atoms with Crippen molar-refractivity contribution in [3.63, 3.8) is 0 Å². The van der Waals surface area contributed by atoms with Crippen molar-refractivity contribution in [2.45, 2.75) is 13.0 Å². The average molecular weight is 458 g/mol. The van der Waals surface area contributed by atoms with Gasteiger partial charge >= 0.3 is 5.97 Å². The Kier molecular flexibility index (Phi) is 5.29. The average Bonchev–Trinajstić information content (AvgIpc) is 3.22. The second-order valence-corrected chi connectivity index (χ2v) is 7.69. The normalized spacial score (nSPS) is 15.1. The first-order valence-electron chi connectivity index (χ1n) is 10.6. The Morgan fingerprint density at radius 2 is 1.82 bits per heavy atom. The molecule has 3 aromatic carbocycles. The number of ether oxygens (including phenoxy) is 1. The van der Waals surface area contributed by atoms with Gasteiger partial charge in [-0.15, -0.1) is 0 Å². The summed E-state index contributed by atoms with van der Waals surface area (Å²) in [5, 5.41) is 14.4. The van der Waals surface area contributed by atoms with Gasteiger partial charge in [0.2, 0.25) is 5.95 Å². The van der Waals surface area contributed by atoms with E-state index in [2.05, 4.69) is 5.32 Å². The molecule has 1 unspecified atom stereocenters. The van der Waals surface area contributed by atoms with Crippen LogP contribution in [0, 0.1) is 15.9 Å². The first-order chi connectivity index (χ1) is 16.5. The smallest absolute Gasteiger partial charge is 0.338 e. The van der Waals surface area contributed by atoms with Crippen LogP contribution in [0.3, 0.4) is 0 Å². The molecule has 0 saturated heterocycles. The lowest BCUT2D eigenvalue weighted by Crippen LogP contribution is -2.29. The minimum absolute atomic E-state index is 0.0613. The van der Waals surface area contributed by atoms with Crippen LogP contribution >= 0.6 is 0 Å². The maximum Gasteiger partial charge on any atom is 0.338 e. The van der Waals surface area contributed by atoms with Crippen LogP contribution < -0.4 is 5.32 Å². The maximum atomic E-state index is 13.7. The zero-order valence-electron chi connectivity index (χ0n) is 18.1. The van der Waals surface area contributed by atoms with Crippen molar-refractivity contribution in [1.29, 1.82) is 0 Å². The number of carbonyl (C=O) groups excluding carboxylic acids is 1. The summed E-state index contributed by atoms with van der Waals surface area (Å²) < 4.78 is 20.9. The molecule has 0 fully saturated rings. The van der Waals surface area contributed by atoms with Crippen LogP contribution in [-0.2, 0) is 9.53 Å². The number of rotatable bonds is 5. The number of nitrogens with one attached hydrogen (secondary N) is 1. The highest BCUT2D eigenvalue weighted by atomic mass is 19.1. The number of halogens is 1. The predicted octanol–water partition coefficient (Wildman–Crippen LogP) is 5.07. The van der Waals surface area contributed by atoms with Crippen molar-refractivity contribution < 1.29 is 18.8 Å². The van der Waals surface area contributed by atoms with E-state index in [1.54, 1.807) is 31.2 Å².